The molecule has 0 saturated heterocycles. The molecule has 4 nitrogen and oxygen atoms in total. The molecule has 18 heavy (non-hydrogen) atoms. The third-order valence-electron chi connectivity index (χ3n) is 2.77. The number of anilines is 2. The summed E-state index contributed by atoms with van der Waals surface area (Å²) >= 11 is 3.43. The van der Waals surface area contributed by atoms with Crippen LogP contribution in [0.25, 0.3) is 0 Å². The van der Waals surface area contributed by atoms with Crippen molar-refractivity contribution < 1.29 is 4.79 Å². The molecular weight excluding hydrogens is 294 g/mol. The maximum absolute atomic E-state index is 12.1. The van der Waals surface area contributed by atoms with Crippen LogP contribution in [0.5, 0.6) is 0 Å². The van der Waals surface area contributed by atoms with Gasteiger partial charge in [0.2, 0.25) is 0 Å². The first-order chi connectivity index (χ1) is 8.49. The molecule has 0 atom stereocenters. The predicted molar refractivity (Wildman–Crippen MR) is 76.7 cm³/mol. The fourth-order valence-corrected chi connectivity index (χ4v) is 2.11. The molecule has 2 rings (SSSR count). The van der Waals surface area contributed by atoms with Gasteiger partial charge in [0.05, 0.1) is 5.69 Å². The lowest BCUT2D eigenvalue weighted by molar-refractivity contribution is 0.101. The second-order valence-electron chi connectivity index (χ2n) is 4.14. The average Bonchev–Trinajstić information content (AvgIpc) is 2.64. The standard InChI is InChI=1S/C13H14BrN3O/c1-8-10(14)4-3-5-11(8)16-13(18)12-6-9(15)7-17(12)2/h3-7H,15H2,1-2H3,(H,16,18). The molecule has 0 bridgehead atoms. The molecule has 0 aliphatic heterocycles. The van der Waals surface area contributed by atoms with Gasteiger partial charge < -0.3 is 15.6 Å². The van der Waals surface area contributed by atoms with Gasteiger partial charge in [-0.3, -0.25) is 4.79 Å². The van der Waals surface area contributed by atoms with Gasteiger partial charge in [-0.05, 0) is 30.7 Å². The molecule has 1 heterocycles. The minimum atomic E-state index is -0.171. The van der Waals surface area contributed by atoms with E-state index in [9.17, 15) is 4.79 Å². The normalized spacial score (nSPS) is 10.4. The number of amides is 1. The summed E-state index contributed by atoms with van der Waals surface area (Å²) in [4.78, 5) is 12.1. The highest BCUT2D eigenvalue weighted by Crippen LogP contribution is 2.24. The molecule has 0 spiro atoms. The molecule has 0 unspecified atom stereocenters. The Bertz CT molecular complexity index is 604. The maximum atomic E-state index is 12.1. The van der Waals surface area contributed by atoms with Crippen molar-refractivity contribution >= 4 is 33.2 Å². The van der Waals surface area contributed by atoms with Gasteiger partial charge in [0.25, 0.3) is 5.91 Å². The Morgan fingerprint density at radius 2 is 2.17 bits per heavy atom. The first-order valence-electron chi connectivity index (χ1n) is 5.47. The van der Waals surface area contributed by atoms with Gasteiger partial charge in [-0.25, -0.2) is 0 Å². The summed E-state index contributed by atoms with van der Waals surface area (Å²) in [6, 6.07) is 7.34. The summed E-state index contributed by atoms with van der Waals surface area (Å²) in [5.41, 5.74) is 8.55. The van der Waals surface area contributed by atoms with E-state index in [1.807, 2.05) is 25.1 Å². The van der Waals surface area contributed by atoms with E-state index in [2.05, 4.69) is 21.2 Å². The quantitative estimate of drug-likeness (QED) is 0.896. The highest BCUT2D eigenvalue weighted by Gasteiger charge is 2.12. The van der Waals surface area contributed by atoms with Crippen LogP contribution in [-0.4, -0.2) is 10.5 Å². The van der Waals surface area contributed by atoms with Crippen LogP contribution >= 0.6 is 15.9 Å². The number of halogens is 1. The van der Waals surface area contributed by atoms with Crippen LogP contribution in [0.1, 0.15) is 16.1 Å². The van der Waals surface area contributed by atoms with Crippen molar-refractivity contribution in [1.29, 1.82) is 0 Å². The van der Waals surface area contributed by atoms with Gasteiger partial charge in [-0.1, -0.05) is 22.0 Å². The smallest absolute Gasteiger partial charge is 0.272 e. The van der Waals surface area contributed by atoms with Crippen LogP contribution in [0.3, 0.4) is 0 Å². The van der Waals surface area contributed by atoms with Gasteiger partial charge in [-0.15, -0.1) is 0 Å². The summed E-state index contributed by atoms with van der Waals surface area (Å²) in [6.45, 7) is 1.94. The number of nitrogens with zero attached hydrogens (tertiary/aromatic N) is 1. The average molecular weight is 308 g/mol. The molecule has 1 aromatic heterocycles. The Balaban J connectivity index is 2.27. The van der Waals surface area contributed by atoms with E-state index >= 15 is 0 Å². The fourth-order valence-electron chi connectivity index (χ4n) is 1.75. The molecule has 0 aliphatic rings. The highest BCUT2D eigenvalue weighted by molar-refractivity contribution is 9.10. The van der Waals surface area contributed by atoms with Crippen molar-refractivity contribution in [3.05, 3.63) is 46.2 Å². The number of nitrogens with two attached hydrogens (primary N) is 1. The Morgan fingerprint density at radius 3 is 2.78 bits per heavy atom. The second-order valence-corrected chi connectivity index (χ2v) is 4.99. The third kappa shape index (κ3) is 2.41. The third-order valence-corrected chi connectivity index (χ3v) is 3.63. The van der Waals surface area contributed by atoms with Crippen molar-refractivity contribution in [1.82, 2.24) is 4.57 Å². The summed E-state index contributed by atoms with van der Waals surface area (Å²) in [6.07, 6.45) is 1.71. The Morgan fingerprint density at radius 1 is 1.44 bits per heavy atom. The number of aryl methyl sites for hydroxylation is 1. The minimum absolute atomic E-state index is 0.171. The van der Waals surface area contributed by atoms with Crippen LogP contribution in [0.4, 0.5) is 11.4 Å². The van der Waals surface area contributed by atoms with E-state index < -0.39 is 0 Å². The second kappa shape index (κ2) is 4.86. The number of nitrogen functional groups attached to an aromatic ring is 1. The van der Waals surface area contributed by atoms with Crippen molar-refractivity contribution in [3.8, 4) is 0 Å². The number of carbonyl (C=O) groups excluding carboxylic acids is 1. The SMILES string of the molecule is Cc1c(Br)cccc1NC(=O)c1cc(N)cn1C. The minimum Gasteiger partial charge on any atom is -0.397 e. The molecule has 94 valence electrons. The van der Waals surface area contributed by atoms with Gasteiger partial charge >= 0.3 is 0 Å². The predicted octanol–water partition coefficient (Wildman–Crippen LogP) is 2.93. The number of carbonyl (C=O) groups is 1. The van der Waals surface area contributed by atoms with Crippen molar-refractivity contribution in [2.75, 3.05) is 11.1 Å². The van der Waals surface area contributed by atoms with Crippen LogP contribution in [-0.2, 0) is 7.05 Å². The van der Waals surface area contributed by atoms with Crippen LogP contribution in [0.15, 0.2) is 34.9 Å². The number of hydrogen-bond acceptors (Lipinski definition) is 2. The van der Waals surface area contributed by atoms with Gasteiger partial charge in [0, 0.05) is 23.4 Å². The number of aromatic nitrogens is 1. The fraction of sp³-hybridized carbons (Fsp3) is 0.154. The number of benzene rings is 1. The molecule has 3 N–H and O–H groups in total. The summed E-state index contributed by atoms with van der Waals surface area (Å²) < 4.78 is 2.67. The monoisotopic (exact) mass is 307 g/mol. The molecule has 0 aliphatic carbocycles. The zero-order chi connectivity index (χ0) is 13.3. The molecule has 1 amide bonds. The van der Waals surface area contributed by atoms with Gasteiger partial charge in [0.15, 0.2) is 0 Å². The lowest BCUT2D eigenvalue weighted by atomic mass is 10.2. The molecular formula is C13H14BrN3O. The van der Waals surface area contributed by atoms with Crippen molar-refractivity contribution in [2.45, 2.75) is 6.92 Å². The first-order valence-corrected chi connectivity index (χ1v) is 6.26. The zero-order valence-corrected chi connectivity index (χ0v) is 11.8. The summed E-state index contributed by atoms with van der Waals surface area (Å²) in [5, 5.41) is 2.88. The van der Waals surface area contributed by atoms with E-state index in [-0.39, 0.29) is 5.91 Å². The largest absolute Gasteiger partial charge is 0.397 e. The molecule has 2 aromatic rings. The van der Waals surface area contributed by atoms with Crippen LogP contribution in [0.2, 0.25) is 0 Å². The summed E-state index contributed by atoms with van der Waals surface area (Å²) in [5.74, 6) is -0.171. The first kappa shape index (κ1) is 12.7. The highest BCUT2D eigenvalue weighted by atomic mass is 79.9. The van der Waals surface area contributed by atoms with E-state index in [0.29, 0.717) is 11.4 Å². The van der Waals surface area contributed by atoms with Gasteiger partial charge in [0.1, 0.15) is 5.69 Å². The Hall–Kier alpha value is -1.75. The summed E-state index contributed by atoms with van der Waals surface area (Å²) in [7, 11) is 1.79. The lowest BCUT2D eigenvalue weighted by Crippen LogP contribution is -2.16. The van der Waals surface area contributed by atoms with Gasteiger partial charge in [-0.2, -0.15) is 0 Å². The lowest BCUT2D eigenvalue weighted by Gasteiger charge is -2.09. The van der Waals surface area contributed by atoms with E-state index in [1.54, 1.807) is 23.9 Å². The zero-order valence-electron chi connectivity index (χ0n) is 10.2. The number of rotatable bonds is 2. The molecule has 1 aromatic carbocycles. The van der Waals surface area contributed by atoms with E-state index in [4.69, 9.17) is 5.73 Å². The Kier molecular flexibility index (Phi) is 3.43. The Labute approximate surface area is 114 Å². The molecule has 0 saturated carbocycles. The van der Waals surface area contributed by atoms with Crippen LogP contribution in [0, 0.1) is 6.92 Å². The molecule has 0 radical (unpaired) electrons. The topological polar surface area (TPSA) is 60.1 Å². The number of hydrogen-bond donors (Lipinski definition) is 2. The van der Waals surface area contributed by atoms with Crippen LogP contribution < -0.4 is 11.1 Å². The van der Waals surface area contributed by atoms with Crippen molar-refractivity contribution in [3.63, 3.8) is 0 Å². The van der Waals surface area contributed by atoms with E-state index in [0.717, 1.165) is 15.7 Å². The molecule has 0 fully saturated rings. The van der Waals surface area contributed by atoms with Crippen molar-refractivity contribution in [2.24, 2.45) is 7.05 Å². The molecule has 5 heteroatoms. The maximum Gasteiger partial charge on any atom is 0.272 e. The number of nitrogens with one attached hydrogen (secondary N) is 1. The van der Waals surface area contributed by atoms with E-state index in [1.165, 1.54) is 0 Å².